The molecule has 0 saturated carbocycles. The number of fused-ring (bicyclic) bond motifs is 1. The Kier molecular flexibility index (Phi) is 5.99. The second kappa shape index (κ2) is 8.66. The molecule has 0 radical (unpaired) electrons. The van der Waals surface area contributed by atoms with Crippen LogP contribution in [0.25, 0.3) is 11.6 Å². The molecule has 0 amide bonds. The van der Waals surface area contributed by atoms with E-state index in [1.165, 1.54) is 11.8 Å². The van der Waals surface area contributed by atoms with Crippen LogP contribution < -0.4 is 9.64 Å². The van der Waals surface area contributed by atoms with Crippen LogP contribution in [0.15, 0.2) is 53.8 Å². The summed E-state index contributed by atoms with van der Waals surface area (Å²) in [5, 5.41) is 2.02. The molecule has 4 nitrogen and oxygen atoms in total. The summed E-state index contributed by atoms with van der Waals surface area (Å²) in [6, 6.07) is 13.6. The van der Waals surface area contributed by atoms with E-state index in [0.29, 0.717) is 23.1 Å². The molecule has 1 aliphatic heterocycles. The predicted octanol–water partition coefficient (Wildman–Crippen LogP) is 6.07. The molecule has 1 aliphatic rings. The Bertz CT molecular complexity index is 1050. The summed E-state index contributed by atoms with van der Waals surface area (Å²) >= 11 is 14.5. The quantitative estimate of drug-likeness (QED) is 0.353. The number of methoxy groups -OCH3 is 1. The van der Waals surface area contributed by atoms with Crippen molar-refractivity contribution < 1.29 is 4.74 Å². The lowest BCUT2D eigenvalue weighted by atomic mass is 9.99. The molecule has 3 aromatic rings. The highest BCUT2D eigenvalue weighted by Gasteiger charge is 2.24. The molecule has 2 heterocycles. The second-order valence-corrected chi connectivity index (χ2v) is 8.19. The molecule has 1 aromatic heterocycles. The Morgan fingerprint density at radius 2 is 1.83 bits per heavy atom. The minimum absolute atomic E-state index is 0.637. The maximum atomic E-state index is 6.49. The van der Waals surface area contributed by atoms with Gasteiger partial charge in [0.2, 0.25) is 0 Å². The molecule has 0 N–H and O–H groups in total. The van der Waals surface area contributed by atoms with Gasteiger partial charge in [0.15, 0.2) is 5.16 Å². The zero-order valence-electron chi connectivity index (χ0n) is 16.0. The SMILES string of the molecule is COc1ccc(CN2CC(c3c(Cl)cccc3Cl)=Cc3cnc(SC)nc32)cc1. The fourth-order valence-corrected chi connectivity index (χ4v) is 4.35. The summed E-state index contributed by atoms with van der Waals surface area (Å²) in [6.45, 7) is 1.34. The maximum Gasteiger partial charge on any atom is 0.189 e. The summed E-state index contributed by atoms with van der Waals surface area (Å²) < 4.78 is 5.27. The smallest absolute Gasteiger partial charge is 0.189 e. The van der Waals surface area contributed by atoms with E-state index in [0.717, 1.165) is 39.0 Å². The average Bonchev–Trinajstić information content (AvgIpc) is 2.74. The predicted molar refractivity (Wildman–Crippen MR) is 122 cm³/mol. The van der Waals surface area contributed by atoms with E-state index in [-0.39, 0.29) is 0 Å². The third kappa shape index (κ3) is 4.22. The fraction of sp³-hybridized carbons (Fsp3) is 0.182. The van der Waals surface area contributed by atoms with Gasteiger partial charge in [-0.2, -0.15) is 0 Å². The fourth-order valence-electron chi connectivity index (χ4n) is 3.37. The van der Waals surface area contributed by atoms with Gasteiger partial charge in [0.25, 0.3) is 0 Å². The number of anilines is 1. The Hall–Kier alpha value is -2.21. The molecule has 0 unspecified atom stereocenters. The van der Waals surface area contributed by atoms with Gasteiger partial charge < -0.3 is 9.64 Å². The first-order valence-electron chi connectivity index (χ1n) is 9.03. The van der Waals surface area contributed by atoms with Crippen LogP contribution in [-0.4, -0.2) is 29.9 Å². The summed E-state index contributed by atoms with van der Waals surface area (Å²) in [7, 11) is 1.67. The molecule has 148 valence electrons. The van der Waals surface area contributed by atoms with Gasteiger partial charge in [0.1, 0.15) is 11.6 Å². The molecular formula is C22H19Cl2N3OS. The van der Waals surface area contributed by atoms with Crippen molar-refractivity contribution in [3.8, 4) is 5.75 Å². The van der Waals surface area contributed by atoms with E-state index in [9.17, 15) is 0 Å². The highest BCUT2D eigenvalue weighted by Crippen LogP contribution is 2.38. The number of halogens is 2. The standard InChI is InChI=1S/C22H19Cl2N3OS/c1-28-17-8-6-14(7-9-17)12-27-13-16(20-18(23)4-3-5-19(20)24)10-15-11-25-22(29-2)26-21(15)27/h3-11H,12-13H2,1-2H3. The van der Waals surface area contributed by atoms with Crippen molar-refractivity contribution in [1.29, 1.82) is 0 Å². The molecule has 0 atom stereocenters. The normalized spacial score (nSPS) is 13.1. The number of thioether (sulfide) groups is 1. The van der Waals surface area contributed by atoms with Crippen molar-refractivity contribution in [1.82, 2.24) is 9.97 Å². The van der Waals surface area contributed by atoms with Crippen molar-refractivity contribution in [3.05, 3.63) is 75.4 Å². The maximum absolute atomic E-state index is 6.49. The zero-order chi connectivity index (χ0) is 20.4. The van der Waals surface area contributed by atoms with E-state index in [1.807, 2.05) is 42.8 Å². The van der Waals surface area contributed by atoms with Crippen molar-refractivity contribution in [2.24, 2.45) is 0 Å². The minimum atomic E-state index is 0.637. The van der Waals surface area contributed by atoms with Gasteiger partial charge in [-0.05, 0) is 47.7 Å². The van der Waals surface area contributed by atoms with Crippen LogP contribution in [0.3, 0.4) is 0 Å². The largest absolute Gasteiger partial charge is 0.497 e. The van der Waals surface area contributed by atoms with Crippen molar-refractivity contribution in [3.63, 3.8) is 0 Å². The van der Waals surface area contributed by atoms with Gasteiger partial charge in [-0.25, -0.2) is 9.97 Å². The number of ether oxygens (including phenoxy) is 1. The Morgan fingerprint density at radius 3 is 2.48 bits per heavy atom. The Morgan fingerprint density at radius 1 is 1.10 bits per heavy atom. The Labute approximate surface area is 184 Å². The van der Waals surface area contributed by atoms with Gasteiger partial charge >= 0.3 is 0 Å². The molecule has 29 heavy (non-hydrogen) atoms. The summed E-state index contributed by atoms with van der Waals surface area (Å²) in [5.74, 6) is 1.75. The van der Waals surface area contributed by atoms with Gasteiger partial charge in [-0.1, -0.05) is 53.2 Å². The topological polar surface area (TPSA) is 38.2 Å². The molecule has 0 bridgehead atoms. The van der Waals surface area contributed by atoms with Crippen LogP contribution in [0.2, 0.25) is 10.0 Å². The van der Waals surface area contributed by atoms with Crippen LogP contribution >= 0.6 is 35.0 Å². The summed E-state index contributed by atoms with van der Waals surface area (Å²) in [5.41, 5.74) is 4.01. The van der Waals surface area contributed by atoms with Crippen molar-refractivity contribution in [2.45, 2.75) is 11.7 Å². The molecule has 0 saturated heterocycles. The van der Waals surface area contributed by atoms with Gasteiger partial charge in [-0.3, -0.25) is 0 Å². The van der Waals surface area contributed by atoms with Crippen molar-refractivity contribution in [2.75, 3.05) is 24.8 Å². The van der Waals surface area contributed by atoms with E-state index in [1.54, 1.807) is 7.11 Å². The number of rotatable bonds is 5. The van der Waals surface area contributed by atoms with Crippen LogP contribution in [0.4, 0.5) is 5.82 Å². The molecular weight excluding hydrogens is 425 g/mol. The Balaban J connectivity index is 1.76. The third-order valence-corrected chi connectivity index (χ3v) is 5.96. The van der Waals surface area contributed by atoms with E-state index < -0.39 is 0 Å². The highest BCUT2D eigenvalue weighted by atomic mass is 35.5. The molecule has 0 spiro atoms. The molecule has 0 aliphatic carbocycles. The first-order chi connectivity index (χ1) is 14.1. The zero-order valence-corrected chi connectivity index (χ0v) is 18.4. The van der Waals surface area contributed by atoms with Crippen LogP contribution in [0.5, 0.6) is 5.75 Å². The van der Waals surface area contributed by atoms with Gasteiger partial charge in [-0.15, -0.1) is 0 Å². The minimum Gasteiger partial charge on any atom is -0.497 e. The molecule has 7 heteroatoms. The van der Waals surface area contributed by atoms with Crippen LogP contribution in [0.1, 0.15) is 16.7 Å². The number of benzene rings is 2. The second-order valence-electron chi connectivity index (χ2n) is 6.61. The lowest BCUT2D eigenvalue weighted by Gasteiger charge is -2.31. The van der Waals surface area contributed by atoms with Crippen LogP contribution in [-0.2, 0) is 6.54 Å². The van der Waals surface area contributed by atoms with Gasteiger partial charge in [0.05, 0.1) is 7.11 Å². The van der Waals surface area contributed by atoms with Crippen molar-refractivity contribution >= 4 is 52.4 Å². The molecule has 0 fully saturated rings. The lowest BCUT2D eigenvalue weighted by Crippen LogP contribution is -2.29. The number of hydrogen-bond donors (Lipinski definition) is 0. The monoisotopic (exact) mass is 443 g/mol. The number of nitrogens with zero attached hydrogens (tertiary/aromatic N) is 3. The van der Waals surface area contributed by atoms with E-state index in [4.69, 9.17) is 32.9 Å². The number of aromatic nitrogens is 2. The first kappa shape index (κ1) is 20.1. The molecule has 2 aromatic carbocycles. The molecule has 4 rings (SSSR count). The number of hydrogen-bond acceptors (Lipinski definition) is 5. The summed E-state index contributed by atoms with van der Waals surface area (Å²) in [4.78, 5) is 11.4. The first-order valence-corrected chi connectivity index (χ1v) is 11.0. The third-order valence-electron chi connectivity index (χ3n) is 4.76. The average molecular weight is 444 g/mol. The summed E-state index contributed by atoms with van der Waals surface area (Å²) in [6.07, 6.45) is 5.92. The van der Waals surface area contributed by atoms with Gasteiger partial charge in [0, 0.05) is 40.5 Å². The lowest BCUT2D eigenvalue weighted by molar-refractivity contribution is 0.414. The highest BCUT2D eigenvalue weighted by molar-refractivity contribution is 7.98. The van der Waals surface area contributed by atoms with Crippen LogP contribution in [0, 0.1) is 0 Å². The van der Waals surface area contributed by atoms with E-state index in [2.05, 4.69) is 28.1 Å². The van der Waals surface area contributed by atoms with E-state index >= 15 is 0 Å².